The molecule has 1 aliphatic rings. The van der Waals surface area contributed by atoms with Crippen LogP contribution in [0, 0.1) is 0 Å². The summed E-state index contributed by atoms with van der Waals surface area (Å²) in [5, 5.41) is 5.15. The summed E-state index contributed by atoms with van der Waals surface area (Å²) in [6.45, 7) is 0.855. The molecule has 98 valence electrons. The van der Waals surface area contributed by atoms with Crippen LogP contribution in [0.25, 0.3) is 0 Å². The monoisotopic (exact) mass is 291 g/mol. The molecule has 0 atom stereocenters. The van der Waals surface area contributed by atoms with Gasteiger partial charge in [-0.1, -0.05) is 35.5 Å². The predicted octanol–water partition coefficient (Wildman–Crippen LogP) is 3.53. The fraction of sp³-hybridized carbons (Fsp3) is 0.286. The number of rotatable bonds is 5. The minimum Gasteiger partial charge on any atom is -0.310 e. The van der Waals surface area contributed by atoms with Crippen LogP contribution >= 0.6 is 23.4 Å². The topological polar surface area (TPSA) is 37.8 Å². The van der Waals surface area contributed by atoms with E-state index in [9.17, 15) is 0 Å². The van der Waals surface area contributed by atoms with Crippen molar-refractivity contribution in [2.45, 2.75) is 35.3 Å². The summed E-state index contributed by atoms with van der Waals surface area (Å²) in [4.78, 5) is 9.44. The Balaban J connectivity index is 1.81. The van der Waals surface area contributed by atoms with Crippen molar-refractivity contribution in [3.8, 4) is 0 Å². The second kappa shape index (κ2) is 5.90. The lowest BCUT2D eigenvalue weighted by Crippen LogP contribution is -2.15. The number of aromatic nitrogens is 2. The fourth-order valence-electron chi connectivity index (χ4n) is 1.79. The molecule has 0 radical (unpaired) electrons. The van der Waals surface area contributed by atoms with Crippen LogP contribution in [-0.4, -0.2) is 16.0 Å². The van der Waals surface area contributed by atoms with Crippen LogP contribution in [0.1, 0.15) is 18.4 Å². The Labute approximate surface area is 121 Å². The molecule has 0 spiro atoms. The zero-order chi connectivity index (χ0) is 13.1. The van der Waals surface area contributed by atoms with Crippen LogP contribution in [0.15, 0.2) is 46.7 Å². The lowest BCUT2D eigenvalue weighted by molar-refractivity contribution is 0.680. The van der Waals surface area contributed by atoms with Gasteiger partial charge in [-0.3, -0.25) is 4.98 Å². The third-order valence-corrected chi connectivity index (χ3v) is 4.49. The Morgan fingerprint density at radius 3 is 2.95 bits per heavy atom. The predicted molar refractivity (Wildman–Crippen MR) is 77.5 cm³/mol. The number of hydrogen-bond donors (Lipinski definition) is 1. The highest BCUT2D eigenvalue weighted by molar-refractivity contribution is 7.99. The van der Waals surface area contributed by atoms with Crippen molar-refractivity contribution >= 4 is 23.4 Å². The minimum absolute atomic E-state index is 0.688. The normalized spacial score (nSPS) is 14.6. The van der Waals surface area contributed by atoms with Crippen molar-refractivity contribution in [1.29, 1.82) is 0 Å². The molecule has 5 heteroatoms. The van der Waals surface area contributed by atoms with E-state index in [1.165, 1.54) is 18.4 Å². The molecule has 0 amide bonds. The van der Waals surface area contributed by atoms with E-state index in [1.807, 2.05) is 12.1 Å². The molecule has 3 nitrogen and oxygen atoms in total. The van der Waals surface area contributed by atoms with E-state index in [0.29, 0.717) is 6.04 Å². The first kappa shape index (κ1) is 12.9. The molecule has 1 heterocycles. The molecule has 3 rings (SSSR count). The summed E-state index contributed by atoms with van der Waals surface area (Å²) in [6, 6.07) is 6.71. The highest BCUT2D eigenvalue weighted by Crippen LogP contribution is 2.35. The van der Waals surface area contributed by atoms with Gasteiger partial charge in [0.2, 0.25) is 0 Å². The van der Waals surface area contributed by atoms with Crippen LogP contribution in [0.4, 0.5) is 0 Å². The molecular formula is C14H14ClN3S. The number of hydrogen-bond acceptors (Lipinski definition) is 4. The fourth-order valence-corrected chi connectivity index (χ4v) is 2.97. The van der Waals surface area contributed by atoms with E-state index in [-0.39, 0.29) is 0 Å². The van der Waals surface area contributed by atoms with Gasteiger partial charge in [0, 0.05) is 29.9 Å². The van der Waals surface area contributed by atoms with Gasteiger partial charge in [-0.2, -0.15) is 0 Å². The molecule has 0 saturated heterocycles. The second-order valence-corrected chi connectivity index (χ2v) is 5.97. The number of nitrogens with zero attached hydrogens (tertiary/aromatic N) is 2. The molecule has 0 aliphatic heterocycles. The zero-order valence-electron chi connectivity index (χ0n) is 10.3. The summed E-state index contributed by atoms with van der Waals surface area (Å²) < 4.78 is 0. The molecule has 1 aromatic heterocycles. The van der Waals surface area contributed by atoms with E-state index < -0.39 is 0 Å². The van der Waals surface area contributed by atoms with Crippen LogP contribution in [0.5, 0.6) is 0 Å². The zero-order valence-corrected chi connectivity index (χ0v) is 11.9. The second-order valence-electron chi connectivity index (χ2n) is 4.53. The van der Waals surface area contributed by atoms with Crippen LogP contribution in [0.2, 0.25) is 5.02 Å². The van der Waals surface area contributed by atoms with E-state index >= 15 is 0 Å². The Bertz CT molecular complexity index is 558. The molecule has 2 aromatic rings. The lowest BCUT2D eigenvalue weighted by Gasteiger charge is -2.11. The van der Waals surface area contributed by atoms with Gasteiger partial charge in [0.1, 0.15) is 5.03 Å². The summed E-state index contributed by atoms with van der Waals surface area (Å²) >= 11 is 7.88. The van der Waals surface area contributed by atoms with Crippen molar-refractivity contribution < 1.29 is 0 Å². The summed E-state index contributed by atoms with van der Waals surface area (Å²) in [7, 11) is 0. The first-order valence-electron chi connectivity index (χ1n) is 6.27. The van der Waals surface area contributed by atoms with Gasteiger partial charge in [0.25, 0.3) is 0 Å². The van der Waals surface area contributed by atoms with Crippen molar-refractivity contribution in [1.82, 2.24) is 15.3 Å². The number of nitrogens with one attached hydrogen (secondary N) is 1. The van der Waals surface area contributed by atoms with Gasteiger partial charge >= 0.3 is 0 Å². The van der Waals surface area contributed by atoms with Crippen LogP contribution in [-0.2, 0) is 6.54 Å². The minimum atomic E-state index is 0.688. The molecule has 19 heavy (non-hydrogen) atoms. The van der Waals surface area contributed by atoms with Crippen molar-refractivity contribution in [2.75, 3.05) is 0 Å². The average Bonchev–Trinajstić information content (AvgIpc) is 3.25. The summed E-state index contributed by atoms with van der Waals surface area (Å²) in [6.07, 6.45) is 7.69. The van der Waals surface area contributed by atoms with Crippen molar-refractivity contribution in [3.05, 3.63) is 47.4 Å². The Kier molecular flexibility index (Phi) is 4.01. The molecule has 1 N–H and O–H groups in total. The number of halogens is 1. The first-order valence-corrected chi connectivity index (χ1v) is 7.47. The molecule has 1 aliphatic carbocycles. The average molecular weight is 292 g/mol. The van der Waals surface area contributed by atoms with Crippen molar-refractivity contribution in [3.63, 3.8) is 0 Å². The molecule has 0 bridgehead atoms. The smallest absolute Gasteiger partial charge is 0.119 e. The summed E-state index contributed by atoms with van der Waals surface area (Å²) in [5.41, 5.74) is 1.22. The van der Waals surface area contributed by atoms with E-state index in [0.717, 1.165) is 21.5 Å². The highest BCUT2D eigenvalue weighted by atomic mass is 35.5. The first-order chi connectivity index (χ1) is 9.33. The maximum atomic E-state index is 6.31. The SMILES string of the molecule is Clc1cccc(CNC2CC2)c1Sc1cnccn1. The van der Waals surface area contributed by atoms with Gasteiger partial charge in [-0.25, -0.2) is 4.98 Å². The van der Waals surface area contributed by atoms with Gasteiger partial charge in [-0.05, 0) is 24.5 Å². The molecule has 0 unspecified atom stereocenters. The largest absolute Gasteiger partial charge is 0.310 e. The maximum Gasteiger partial charge on any atom is 0.119 e. The molecule has 1 aromatic carbocycles. The lowest BCUT2D eigenvalue weighted by atomic mass is 10.2. The Hall–Kier alpha value is -1.10. The molecule has 1 saturated carbocycles. The van der Waals surface area contributed by atoms with Gasteiger partial charge < -0.3 is 5.32 Å². The van der Waals surface area contributed by atoms with Crippen molar-refractivity contribution in [2.24, 2.45) is 0 Å². The molecule has 1 fully saturated rings. The summed E-state index contributed by atoms with van der Waals surface area (Å²) in [5.74, 6) is 0. The van der Waals surface area contributed by atoms with Crippen LogP contribution in [0.3, 0.4) is 0 Å². The van der Waals surface area contributed by atoms with Gasteiger partial charge in [0.05, 0.1) is 11.2 Å². The molecular weight excluding hydrogens is 278 g/mol. The standard InChI is InChI=1S/C14H14ClN3S/c15-12-3-1-2-10(8-18-11-4-5-11)14(12)19-13-9-16-6-7-17-13/h1-3,6-7,9,11,18H,4-5,8H2. The quantitative estimate of drug-likeness (QED) is 0.914. The van der Waals surface area contributed by atoms with Gasteiger partial charge in [0.15, 0.2) is 0 Å². The third-order valence-electron chi connectivity index (χ3n) is 2.95. The number of benzene rings is 1. The Morgan fingerprint density at radius 1 is 1.32 bits per heavy atom. The van der Waals surface area contributed by atoms with E-state index in [2.05, 4.69) is 21.4 Å². The highest BCUT2D eigenvalue weighted by Gasteiger charge is 2.21. The third kappa shape index (κ3) is 3.47. The maximum absolute atomic E-state index is 6.31. The van der Waals surface area contributed by atoms with Crippen LogP contribution < -0.4 is 5.32 Å². The van der Waals surface area contributed by atoms with E-state index in [1.54, 1.807) is 30.4 Å². The Morgan fingerprint density at radius 2 is 2.21 bits per heavy atom. The van der Waals surface area contributed by atoms with Gasteiger partial charge in [-0.15, -0.1) is 0 Å². The van der Waals surface area contributed by atoms with E-state index in [4.69, 9.17) is 11.6 Å².